The Kier molecular flexibility index (Phi) is 4.35. The van der Waals surface area contributed by atoms with Gasteiger partial charge >= 0.3 is 5.97 Å². The predicted molar refractivity (Wildman–Crippen MR) is 65.8 cm³/mol. The highest BCUT2D eigenvalue weighted by Crippen LogP contribution is 2.16. The van der Waals surface area contributed by atoms with Crippen LogP contribution < -0.4 is 5.32 Å². The van der Waals surface area contributed by atoms with E-state index in [-0.39, 0.29) is 5.97 Å². The average molecular weight is 221 g/mol. The molecule has 16 heavy (non-hydrogen) atoms. The zero-order valence-electron chi connectivity index (χ0n) is 10.3. The molecule has 1 N–H and O–H groups in total. The van der Waals surface area contributed by atoms with E-state index >= 15 is 0 Å². The topological polar surface area (TPSA) is 38.3 Å². The molecule has 0 aliphatic heterocycles. The first-order valence-electron chi connectivity index (χ1n) is 5.47. The highest BCUT2D eigenvalue weighted by Gasteiger charge is 2.09. The molecule has 0 unspecified atom stereocenters. The van der Waals surface area contributed by atoms with Crippen LogP contribution in [0.2, 0.25) is 0 Å². The number of hydrogen-bond acceptors (Lipinski definition) is 3. The van der Waals surface area contributed by atoms with Gasteiger partial charge in [-0.3, -0.25) is 0 Å². The Bertz CT molecular complexity index is 372. The molecule has 1 aromatic carbocycles. The van der Waals surface area contributed by atoms with E-state index in [0.717, 1.165) is 17.8 Å². The molecule has 0 aromatic heterocycles. The van der Waals surface area contributed by atoms with E-state index in [2.05, 4.69) is 19.2 Å². The minimum Gasteiger partial charge on any atom is -0.465 e. The molecule has 0 saturated carbocycles. The highest BCUT2D eigenvalue weighted by molar-refractivity contribution is 5.92. The van der Waals surface area contributed by atoms with E-state index in [9.17, 15) is 4.79 Å². The number of ether oxygens (including phenoxy) is 1. The molecular weight excluding hydrogens is 202 g/mol. The number of esters is 1. The third-order valence-electron chi connectivity index (χ3n) is 2.36. The summed E-state index contributed by atoms with van der Waals surface area (Å²) in [6, 6.07) is 5.74. The van der Waals surface area contributed by atoms with Crippen LogP contribution in [0.5, 0.6) is 0 Å². The maximum atomic E-state index is 11.5. The van der Waals surface area contributed by atoms with Crippen LogP contribution in [0, 0.1) is 12.8 Å². The average Bonchev–Trinajstić information content (AvgIpc) is 2.27. The zero-order valence-corrected chi connectivity index (χ0v) is 10.3. The summed E-state index contributed by atoms with van der Waals surface area (Å²) in [4.78, 5) is 11.5. The van der Waals surface area contributed by atoms with Gasteiger partial charge in [0.1, 0.15) is 0 Å². The number of anilines is 1. The van der Waals surface area contributed by atoms with Crippen LogP contribution in [-0.2, 0) is 4.74 Å². The lowest BCUT2D eigenvalue weighted by Gasteiger charge is -2.11. The number of aryl methyl sites for hydroxylation is 1. The van der Waals surface area contributed by atoms with Gasteiger partial charge in [0.05, 0.1) is 12.7 Å². The summed E-state index contributed by atoms with van der Waals surface area (Å²) in [7, 11) is 1.40. The van der Waals surface area contributed by atoms with Crippen molar-refractivity contribution in [3.8, 4) is 0 Å². The molecule has 0 amide bonds. The summed E-state index contributed by atoms with van der Waals surface area (Å²) in [5, 5.41) is 3.28. The van der Waals surface area contributed by atoms with Gasteiger partial charge in [0.25, 0.3) is 0 Å². The van der Waals surface area contributed by atoms with E-state index < -0.39 is 0 Å². The van der Waals surface area contributed by atoms with Gasteiger partial charge in [0.15, 0.2) is 0 Å². The van der Waals surface area contributed by atoms with Gasteiger partial charge in [0, 0.05) is 12.2 Å². The van der Waals surface area contributed by atoms with Crippen LogP contribution >= 0.6 is 0 Å². The van der Waals surface area contributed by atoms with Gasteiger partial charge in [-0.15, -0.1) is 0 Å². The minimum atomic E-state index is -0.286. The van der Waals surface area contributed by atoms with E-state index in [0.29, 0.717) is 11.5 Å². The third-order valence-corrected chi connectivity index (χ3v) is 2.36. The largest absolute Gasteiger partial charge is 0.465 e. The van der Waals surface area contributed by atoms with Crippen molar-refractivity contribution < 1.29 is 9.53 Å². The van der Waals surface area contributed by atoms with Gasteiger partial charge in [0.2, 0.25) is 0 Å². The summed E-state index contributed by atoms with van der Waals surface area (Å²) in [6.07, 6.45) is 0. The quantitative estimate of drug-likeness (QED) is 0.794. The molecule has 3 heteroatoms. The number of nitrogens with one attached hydrogen (secondary N) is 1. The smallest absolute Gasteiger partial charge is 0.338 e. The van der Waals surface area contributed by atoms with Crippen LogP contribution in [0.3, 0.4) is 0 Å². The van der Waals surface area contributed by atoms with Crippen molar-refractivity contribution in [2.75, 3.05) is 19.0 Å². The van der Waals surface area contributed by atoms with Gasteiger partial charge in [-0.05, 0) is 30.5 Å². The fraction of sp³-hybridized carbons (Fsp3) is 0.462. The second-order valence-corrected chi connectivity index (χ2v) is 4.30. The molecular formula is C13H19NO2. The van der Waals surface area contributed by atoms with Gasteiger partial charge in [-0.1, -0.05) is 19.9 Å². The number of hydrogen-bond donors (Lipinski definition) is 1. The van der Waals surface area contributed by atoms with E-state index in [1.807, 2.05) is 25.1 Å². The molecule has 88 valence electrons. The monoisotopic (exact) mass is 221 g/mol. The lowest BCUT2D eigenvalue weighted by molar-refractivity contribution is 0.0600. The van der Waals surface area contributed by atoms with Gasteiger partial charge in [-0.25, -0.2) is 4.79 Å². The number of rotatable bonds is 4. The lowest BCUT2D eigenvalue weighted by atomic mass is 10.1. The molecule has 0 spiro atoms. The maximum Gasteiger partial charge on any atom is 0.338 e. The molecule has 0 heterocycles. The van der Waals surface area contributed by atoms with Crippen molar-refractivity contribution in [3.05, 3.63) is 29.3 Å². The molecule has 1 rings (SSSR count). The van der Waals surface area contributed by atoms with Crippen molar-refractivity contribution in [1.29, 1.82) is 0 Å². The zero-order chi connectivity index (χ0) is 12.1. The molecule has 0 saturated heterocycles. The Hall–Kier alpha value is -1.51. The number of benzene rings is 1. The Balaban J connectivity index is 2.85. The van der Waals surface area contributed by atoms with E-state index in [1.54, 1.807) is 0 Å². The molecule has 0 aliphatic carbocycles. The fourth-order valence-electron chi connectivity index (χ4n) is 1.38. The van der Waals surface area contributed by atoms with Crippen LogP contribution in [0.4, 0.5) is 5.69 Å². The van der Waals surface area contributed by atoms with Crippen molar-refractivity contribution in [2.45, 2.75) is 20.8 Å². The number of carbonyl (C=O) groups is 1. The Morgan fingerprint density at radius 1 is 1.44 bits per heavy atom. The molecule has 1 aromatic rings. The summed E-state index contributed by atoms with van der Waals surface area (Å²) in [5.74, 6) is 0.286. The lowest BCUT2D eigenvalue weighted by Crippen LogP contribution is -2.10. The normalized spacial score (nSPS) is 10.3. The fourth-order valence-corrected chi connectivity index (χ4v) is 1.38. The van der Waals surface area contributed by atoms with Crippen LogP contribution in [0.15, 0.2) is 18.2 Å². The van der Waals surface area contributed by atoms with Crippen LogP contribution in [-0.4, -0.2) is 19.6 Å². The van der Waals surface area contributed by atoms with Crippen molar-refractivity contribution in [2.24, 2.45) is 5.92 Å². The summed E-state index contributed by atoms with van der Waals surface area (Å²) >= 11 is 0. The SMILES string of the molecule is COC(=O)c1cc(NCC(C)C)ccc1C. The molecule has 0 aliphatic rings. The third kappa shape index (κ3) is 3.26. The van der Waals surface area contributed by atoms with Crippen LogP contribution in [0.1, 0.15) is 29.8 Å². The number of carbonyl (C=O) groups excluding carboxylic acids is 1. The standard InChI is InChI=1S/C13H19NO2/c1-9(2)8-14-11-6-5-10(3)12(7-11)13(15)16-4/h5-7,9,14H,8H2,1-4H3. The van der Waals surface area contributed by atoms with Gasteiger partial charge < -0.3 is 10.1 Å². The Morgan fingerprint density at radius 2 is 2.12 bits per heavy atom. The summed E-state index contributed by atoms with van der Waals surface area (Å²) in [6.45, 7) is 7.08. The summed E-state index contributed by atoms with van der Waals surface area (Å²) in [5.41, 5.74) is 2.51. The van der Waals surface area contributed by atoms with Crippen molar-refractivity contribution in [3.63, 3.8) is 0 Å². The molecule has 3 nitrogen and oxygen atoms in total. The van der Waals surface area contributed by atoms with Crippen molar-refractivity contribution in [1.82, 2.24) is 0 Å². The predicted octanol–water partition coefficient (Wildman–Crippen LogP) is 2.85. The molecule has 0 radical (unpaired) electrons. The molecule has 0 fully saturated rings. The molecule has 0 bridgehead atoms. The molecule has 0 atom stereocenters. The van der Waals surface area contributed by atoms with E-state index in [4.69, 9.17) is 4.74 Å². The van der Waals surface area contributed by atoms with E-state index in [1.165, 1.54) is 7.11 Å². The minimum absolute atomic E-state index is 0.286. The first-order valence-corrected chi connectivity index (χ1v) is 5.47. The first-order chi connectivity index (χ1) is 7.54. The van der Waals surface area contributed by atoms with Gasteiger partial charge in [-0.2, -0.15) is 0 Å². The van der Waals surface area contributed by atoms with Crippen LogP contribution in [0.25, 0.3) is 0 Å². The summed E-state index contributed by atoms with van der Waals surface area (Å²) < 4.78 is 4.73. The second kappa shape index (κ2) is 5.54. The number of methoxy groups -OCH3 is 1. The maximum absolute atomic E-state index is 11.5. The Morgan fingerprint density at radius 3 is 2.69 bits per heavy atom. The van der Waals surface area contributed by atoms with Crippen molar-refractivity contribution >= 4 is 11.7 Å². The first kappa shape index (κ1) is 12.6. The highest BCUT2D eigenvalue weighted by atomic mass is 16.5. The second-order valence-electron chi connectivity index (χ2n) is 4.30. The Labute approximate surface area is 96.8 Å².